The maximum atomic E-state index is 6.05. The zero-order chi connectivity index (χ0) is 12.0. The summed E-state index contributed by atoms with van der Waals surface area (Å²) in [7, 11) is 0. The fourth-order valence-electron chi connectivity index (χ4n) is 2.09. The molecule has 1 atom stereocenters. The minimum atomic E-state index is 0.258. The van der Waals surface area contributed by atoms with Crippen LogP contribution in [0.4, 0.5) is 0 Å². The van der Waals surface area contributed by atoms with E-state index < -0.39 is 0 Å². The Bertz CT molecular complexity index is 321. The van der Waals surface area contributed by atoms with E-state index in [1.54, 1.807) is 0 Å². The summed E-state index contributed by atoms with van der Waals surface area (Å²) in [6.45, 7) is 6.44. The van der Waals surface area contributed by atoms with Crippen molar-refractivity contribution in [2.45, 2.75) is 58.9 Å². The second-order valence-corrected chi connectivity index (χ2v) is 4.61. The van der Waals surface area contributed by atoms with Crippen LogP contribution in [0.1, 0.15) is 50.1 Å². The lowest BCUT2D eigenvalue weighted by molar-refractivity contribution is 0.592. The summed E-state index contributed by atoms with van der Waals surface area (Å²) in [5.41, 5.74) is 9.72. The van der Waals surface area contributed by atoms with Crippen molar-refractivity contribution in [3.05, 3.63) is 29.1 Å². The summed E-state index contributed by atoms with van der Waals surface area (Å²) in [6.07, 6.45) is 5.46. The number of aromatic nitrogens is 1. The summed E-state index contributed by atoms with van der Waals surface area (Å²) in [4.78, 5) is 4.56. The molecule has 1 unspecified atom stereocenters. The van der Waals surface area contributed by atoms with E-state index in [1.165, 1.54) is 12.0 Å². The highest BCUT2D eigenvalue weighted by Gasteiger charge is 2.06. The van der Waals surface area contributed by atoms with E-state index in [1.807, 2.05) is 0 Å². The second-order valence-electron chi connectivity index (χ2n) is 4.61. The summed E-state index contributed by atoms with van der Waals surface area (Å²) in [6, 6.07) is 4.65. The van der Waals surface area contributed by atoms with Crippen LogP contribution in [0.25, 0.3) is 0 Å². The molecule has 0 bridgehead atoms. The van der Waals surface area contributed by atoms with Gasteiger partial charge in [-0.1, -0.05) is 26.7 Å². The first-order valence-electron chi connectivity index (χ1n) is 6.37. The highest BCUT2D eigenvalue weighted by atomic mass is 14.7. The number of aryl methyl sites for hydroxylation is 2. The Morgan fingerprint density at radius 3 is 2.62 bits per heavy atom. The molecule has 0 saturated carbocycles. The topological polar surface area (TPSA) is 38.9 Å². The molecule has 2 nitrogen and oxygen atoms in total. The quantitative estimate of drug-likeness (QED) is 0.800. The van der Waals surface area contributed by atoms with Crippen LogP contribution in [0.3, 0.4) is 0 Å². The minimum absolute atomic E-state index is 0.258. The number of nitrogens with two attached hydrogens (primary N) is 1. The Morgan fingerprint density at radius 2 is 2.00 bits per heavy atom. The van der Waals surface area contributed by atoms with Gasteiger partial charge in [-0.2, -0.15) is 0 Å². The van der Waals surface area contributed by atoms with Crippen molar-refractivity contribution in [1.29, 1.82) is 0 Å². The summed E-state index contributed by atoms with van der Waals surface area (Å²) in [5.74, 6) is 0. The molecule has 1 aromatic heterocycles. The third kappa shape index (κ3) is 4.31. The van der Waals surface area contributed by atoms with Gasteiger partial charge in [0.25, 0.3) is 0 Å². The summed E-state index contributed by atoms with van der Waals surface area (Å²) < 4.78 is 0. The summed E-state index contributed by atoms with van der Waals surface area (Å²) in [5, 5.41) is 0. The van der Waals surface area contributed by atoms with E-state index in [2.05, 4.69) is 37.9 Å². The molecule has 0 aliphatic carbocycles. The summed E-state index contributed by atoms with van der Waals surface area (Å²) >= 11 is 0. The molecule has 0 aliphatic heterocycles. The van der Waals surface area contributed by atoms with E-state index in [-0.39, 0.29) is 6.04 Å². The van der Waals surface area contributed by atoms with Crippen molar-refractivity contribution in [2.75, 3.05) is 0 Å². The van der Waals surface area contributed by atoms with Crippen LogP contribution in [0.2, 0.25) is 0 Å². The largest absolute Gasteiger partial charge is 0.327 e. The van der Waals surface area contributed by atoms with E-state index in [9.17, 15) is 0 Å². The molecule has 1 aromatic rings. The zero-order valence-electron chi connectivity index (χ0n) is 10.8. The Morgan fingerprint density at radius 1 is 1.25 bits per heavy atom. The normalized spacial score (nSPS) is 12.8. The Balaban J connectivity index is 2.71. The van der Waals surface area contributed by atoms with E-state index >= 15 is 0 Å². The fraction of sp³-hybridized carbons (Fsp3) is 0.643. The first kappa shape index (κ1) is 13.2. The first-order valence-corrected chi connectivity index (χ1v) is 6.37. The van der Waals surface area contributed by atoms with Gasteiger partial charge in [0.15, 0.2) is 0 Å². The Hall–Kier alpha value is -0.890. The number of pyridine rings is 1. The van der Waals surface area contributed by atoms with Crippen molar-refractivity contribution in [2.24, 2.45) is 5.73 Å². The molecular formula is C14H24N2. The number of nitrogens with zero attached hydrogens (tertiary/aromatic N) is 1. The molecule has 2 heteroatoms. The number of hydrogen-bond acceptors (Lipinski definition) is 2. The van der Waals surface area contributed by atoms with Gasteiger partial charge in [0.2, 0.25) is 0 Å². The number of rotatable bonds is 6. The smallest absolute Gasteiger partial charge is 0.0424 e. The number of hydrogen-bond donors (Lipinski definition) is 1. The lowest BCUT2D eigenvalue weighted by Crippen LogP contribution is -2.23. The zero-order valence-corrected chi connectivity index (χ0v) is 10.8. The van der Waals surface area contributed by atoms with Gasteiger partial charge in [-0.3, -0.25) is 4.98 Å². The molecule has 0 saturated heterocycles. The van der Waals surface area contributed by atoms with Gasteiger partial charge in [0.05, 0.1) is 0 Å². The van der Waals surface area contributed by atoms with Gasteiger partial charge < -0.3 is 5.73 Å². The molecule has 0 aromatic carbocycles. The predicted molar refractivity (Wildman–Crippen MR) is 69.6 cm³/mol. The lowest BCUT2D eigenvalue weighted by atomic mass is 10.0. The van der Waals surface area contributed by atoms with E-state index in [0.717, 1.165) is 37.1 Å². The van der Waals surface area contributed by atoms with Crippen LogP contribution in [0.5, 0.6) is 0 Å². The fourth-order valence-corrected chi connectivity index (χ4v) is 2.09. The lowest BCUT2D eigenvalue weighted by Gasteiger charge is -2.11. The van der Waals surface area contributed by atoms with Crippen LogP contribution in [-0.4, -0.2) is 11.0 Å². The van der Waals surface area contributed by atoms with Crippen LogP contribution in [0.15, 0.2) is 12.1 Å². The van der Waals surface area contributed by atoms with Crippen molar-refractivity contribution in [1.82, 2.24) is 4.98 Å². The van der Waals surface area contributed by atoms with Gasteiger partial charge in [0.1, 0.15) is 0 Å². The van der Waals surface area contributed by atoms with Gasteiger partial charge in [0, 0.05) is 23.9 Å². The van der Waals surface area contributed by atoms with Gasteiger partial charge >= 0.3 is 0 Å². The molecule has 16 heavy (non-hydrogen) atoms. The van der Waals surface area contributed by atoms with Crippen molar-refractivity contribution in [3.8, 4) is 0 Å². The maximum absolute atomic E-state index is 6.05. The Labute approximate surface area is 99.3 Å². The monoisotopic (exact) mass is 220 g/mol. The highest BCUT2D eigenvalue weighted by molar-refractivity contribution is 5.21. The predicted octanol–water partition coefficient (Wildman–Crippen LogP) is 3.01. The first-order chi connectivity index (χ1) is 7.65. The van der Waals surface area contributed by atoms with Crippen LogP contribution < -0.4 is 5.73 Å². The van der Waals surface area contributed by atoms with Gasteiger partial charge in [-0.05, 0) is 37.5 Å². The maximum Gasteiger partial charge on any atom is 0.0424 e. The highest BCUT2D eigenvalue weighted by Crippen LogP contribution is 2.10. The average molecular weight is 220 g/mol. The molecule has 0 aliphatic rings. The third-order valence-electron chi connectivity index (χ3n) is 2.74. The van der Waals surface area contributed by atoms with Crippen molar-refractivity contribution in [3.63, 3.8) is 0 Å². The molecular weight excluding hydrogens is 196 g/mol. The van der Waals surface area contributed by atoms with Gasteiger partial charge in [-0.25, -0.2) is 0 Å². The average Bonchev–Trinajstić information content (AvgIpc) is 2.17. The van der Waals surface area contributed by atoms with Crippen molar-refractivity contribution >= 4 is 0 Å². The molecule has 0 fully saturated rings. The third-order valence-corrected chi connectivity index (χ3v) is 2.74. The van der Waals surface area contributed by atoms with Crippen LogP contribution >= 0.6 is 0 Å². The van der Waals surface area contributed by atoms with Crippen molar-refractivity contribution < 1.29 is 0 Å². The molecule has 90 valence electrons. The molecule has 1 rings (SSSR count). The molecule has 2 N–H and O–H groups in total. The van der Waals surface area contributed by atoms with E-state index in [4.69, 9.17) is 5.73 Å². The SMILES string of the molecule is CCCc1cc(C)nc(CC(N)CCC)c1. The Kier molecular flexibility index (Phi) is 5.47. The standard InChI is InChI=1S/C14H24N2/c1-4-6-12-8-11(3)16-14(9-12)10-13(15)7-5-2/h8-9,13H,4-7,10,15H2,1-3H3. The molecule has 0 spiro atoms. The van der Waals surface area contributed by atoms with E-state index in [0.29, 0.717) is 0 Å². The van der Waals surface area contributed by atoms with Crippen LogP contribution in [-0.2, 0) is 12.8 Å². The molecule has 1 heterocycles. The van der Waals surface area contributed by atoms with Gasteiger partial charge in [-0.15, -0.1) is 0 Å². The van der Waals surface area contributed by atoms with Crippen LogP contribution in [0, 0.1) is 6.92 Å². The second kappa shape index (κ2) is 6.64. The molecule has 0 amide bonds. The molecule has 0 radical (unpaired) electrons. The minimum Gasteiger partial charge on any atom is -0.327 e.